The quantitative estimate of drug-likeness (QED) is 0.849. The number of likely N-dealkylation sites (N-methyl/N-ethyl adjacent to an activating group) is 1. The Morgan fingerprint density at radius 1 is 1.38 bits per heavy atom. The van der Waals surface area contributed by atoms with Gasteiger partial charge < -0.3 is 9.64 Å². The molecule has 2 atom stereocenters. The molecule has 2 aliphatic rings. The lowest BCUT2D eigenvalue weighted by molar-refractivity contribution is 0.0648. The Labute approximate surface area is 127 Å². The van der Waals surface area contributed by atoms with E-state index in [1.165, 1.54) is 11.5 Å². The molecular weight excluding hydrogens is 286 g/mol. The van der Waals surface area contributed by atoms with E-state index in [1.54, 1.807) is 7.11 Å². The minimum absolute atomic E-state index is 0.0759. The first-order valence-corrected chi connectivity index (χ1v) is 7.89. The van der Waals surface area contributed by atoms with E-state index in [4.69, 9.17) is 4.74 Å². The number of nitrogens with zero attached hydrogens (tertiary/aromatic N) is 3. The van der Waals surface area contributed by atoms with Gasteiger partial charge in [0, 0.05) is 30.6 Å². The monoisotopic (exact) mass is 303 g/mol. The predicted molar refractivity (Wildman–Crippen MR) is 82.0 cm³/mol. The lowest BCUT2D eigenvalue weighted by Crippen LogP contribution is -2.47. The van der Waals surface area contributed by atoms with Crippen LogP contribution in [0.4, 0.5) is 0 Å². The standard InChI is InChI=1S/C15H17N3O2S/c1-17-7-10-5-9(17)8-18(10)15(19)14-12-4-3-11(20-2)6-13(12)21-16-14/h3-4,6,9-10H,5,7-8H2,1-2H3. The summed E-state index contributed by atoms with van der Waals surface area (Å²) < 4.78 is 10.6. The molecule has 4 rings (SSSR count). The van der Waals surface area contributed by atoms with Crippen LogP contribution in [0.1, 0.15) is 16.9 Å². The molecule has 5 nitrogen and oxygen atoms in total. The predicted octanol–water partition coefficient (Wildman–Crippen LogP) is 1.83. The Bertz CT molecular complexity index is 712. The van der Waals surface area contributed by atoms with E-state index in [0.29, 0.717) is 17.8 Å². The fraction of sp³-hybridized carbons (Fsp3) is 0.467. The zero-order chi connectivity index (χ0) is 14.6. The molecule has 6 heteroatoms. The summed E-state index contributed by atoms with van der Waals surface area (Å²) in [5, 5.41) is 0.932. The number of carbonyl (C=O) groups is 1. The van der Waals surface area contributed by atoms with Crippen LogP contribution in [0.25, 0.3) is 10.1 Å². The third-order valence-electron chi connectivity index (χ3n) is 4.66. The normalized spacial score (nSPS) is 25.0. The third-order valence-corrected chi connectivity index (χ3v) is 5.47. The van der Waals surface area contributed by atoms with E-state index < -0.39 is 0 Å². The highest BCUT2D eigenvalue weighted by Gasteiger charge is 2.44. The van der Waals surface area contributed by atoms with Crippen LogP contribution in [0.2, 0.25) is 0 Å². The van der Waals surface area contributed by atoms with Crippen molar-refractivity contribution in [3.63, 3.8) is 0 Å². The van der Waals surface area contributed by atoms with Crippen molar-refractivity contribution >= 4 is 27.5 Å². The molecular formula is C15H17N3O2S. The lowest BCUT2D eigenvalue weighted by Gasteiger charge is -2.31. The number of aromatic nitrogens is 1. The molecule has 2 aromatic rings. The van der Waals surface area contributed by atoms with Gasteiger partial charge >= 0.3 is 0 Å². The highest BCUT2D eigenvalue weighted by molar-refractivity contribution is 7.13. The Morgan fingerprint density at radius 2 is 2.24 bits per heavy atom. The number of piperazine rings is 1. The topological polar surface area (TPSA) is 45.7 Å². The van der Waals surface area contributed by atoms with Crippen molar-refractivity contribution in [3.8, 4) is 5.75 Å². The molecule has 0 aliphatic carbocycles. The molecule has 0 N–H and O–H groups in total. The van der Waals surface area contributed by atoms with Crippen molar-refractivity contribution in [1.29, 1.82) is 0 Å². The fourth-order valence-electron chi connectivity index (χ4n) is 3.45. The number of likely N-dealkylation sites (tertiary alicyclic amines) is 2. The Morgan fingerprint density at radius 3 is 2.90 bits per heavy atom. The summed E-state index contributed by atoms with van der Waals surface area (Å²) >= 11 is 1.36. The average molecular weight is 303 g/mol. The summed E-state index contributed by atoms with van der Waals surface area (Å²) in [6.45, 7) is 1.81. The molecule has 1 aromatic heterocycles. The first-order valence-electron chi connectivity index (χ1n) is 7.12. The molecule has 0 spiro atoms. The number of carbonyl (C=O) groups excluding carboxylic acids is 1. The van der Waals surface area contributed by atoms with E-state index in [1.807, 2.05) is 23.1 Å². The van der Waals surface area contributed by atoms with Gasteiger partial charge in [-0.2, -0.15) is 4.37 Å². The average Bonchev–Trinajstić information content (AvgIpc) is 3.18. The highest BCUT2D eigenvalue weighted by atomic mass is 32.1. The number of methoxy groups -OCH3 is 1. The molecule has 0 saturated carbocycles. The van der Waals surface area contributed by atoms with Crippen molar-refractivity contribution in [2.45, 2.75) is 18.5 Å². The second kappa shape index (κ2) is 4.68. The van der Waals surface area contributed by atoms with Gasteiger partial charge in [0.15, 0.2) is 0 Å². The fourth-order valence-corrected chi connectivity index (χ4v) is 4.25. The summed E-state index contributed by atoms with van der Waals surface area (Å²) in [7, 11) is 3.78. The van der Waals surface area contributed by atoms with Crippen LogP contribution < -0.4 is 4.74 Å². The van der Waals surface area contributed by atoms with Crippen LogP contribution in [0.5, 0.6) is 5.75 Å². The maximum Gasteiger partial charge on any atom is 0.274 e. The van der Waals surface area contributed by atoms with Gasteiger partial charge in [0.1, 0.15) is 11.4 Å². The van der Waals surface area contributed by atoms with Crippen LogP contribution >= 0.6 is 11.5 Å². The van der Waals surface area contributed by atoms with Crippen molar-refractivity contribution in [2.24, 2.45) is 0 Å². The van der Waals surface area contributed by atoms with Gasteiger partial charge in [-0.25, -0.2) is 0 Å². The van der Waals surface area contributed by atoms with Gasteiger partial charge in [-0.3, -0.25) is 9.69 Å². The number of rotatable bonds is 2. The second-order valence-corrected chi connectivity index (χ2v) is 6.64. The third kappa shape index (κ3) is 1.93. The second-order valence-electron chi connectivity index (χ2n) is 5.83. The van der Waals surface area contributed by atoms with Gasteiger partial charge in [-0.15, -0.1) is 0 Å². The lowest BCUT2D eigenvalue weighted by atomic mass is 10.2. The van der Waals surface area contributed by atoms with E-state index in [-0.39, 0.29) is 5.91 Å². The zero-order valence-corrected chi connectivity index (χ0v) is 12.9. The minimum Gasteiger partial charge on any atom is -0.497 e. The molecule has 2 aliphatic heterocycles. The molecule has 21 heavy (non-hydrogen) atoms. The number of amides is 1. The summed E-state index contributed by atoms with van der Waals surface area (Å²) in [5.41, 5.74) is 0.591. The van der Waals surface area contributed by atoms with Crippen LogP contribution in [-0.4, -0.2) is 59.4 Å². The number of hydrogen-bond donors (Lipinski definition) is 0. The van der Waals surface area contributed by atoms with Crippen LogP contribution in [0, 0.1) is 0 Å². The zero-order valence-electron chi connectivity index (χ0n) is 12.1. The number of ether oxygens (including phenoxy) is 1. The van der Waals surface area contributed by atoms with Crippen LogP contribution in [-0.2, 0) is 0 Å². The van der Waals surface area contributed by atoms with Gasteiger partial charge in [0.05, 0.1) is 11.8 Å². The molecule has 2 saturated heterocycles. The molecule has 2 fully saturated rings. The smallest absolute Gasteiger partial charge is 0.274 e. The molecule has 1 amide bonds. The molecule has 110 valence electrons. The summed E-state index contributed by atoms with van der Waals surface area (Å²) in [5.74, 6) is 0.874. The highest BCUT2D eigenvalue weighted by Crippen LogP contribution is 2.33. The molecule has 2 unspecified atom stereocenters. The first-order chi connectivity index (χ1) is 10.2. The summed E-state index contributed by atoms with van der Waals surface area (Å²) in [6, 6.07) is 6.63. The Hall–Kier alpha value is -1.66. The number of hydrogen-bond acceptors (Lipinski definition) is 5. The van der Waals surface area contributed by atoms with Gasteiger partial charge in [0.25, 0.3) is 5.91 Å². The van der Waals surface area contributed by atoms with Crippen LogP contribution in [0.3, 0.4) is 0 Å². The number of fused-ring (bicyclic) bond motifs is 3. The molecule has 2 bridgehead atoms. The molecule has 3 heterocycles. The van der Waals surface area contributed by atoms with Gasteiger partial charge in [-0.1, -0.05) is 0 Å². The minimum atomic E-state index is 0.0759. The maximum absolute atomic E-state index is 12.8. The van der Waals surface area contributed by atoms with Crippen molar-refractivity contribution in [1.82, 2.24) is 14.2 Å². The Kier molecular flexibility index (Phi) is 2.90. The van der Waals surface area contributed by atoms with E-state index >= 15 is 0 Å². The first kappa shape index (κ1) is 13.0. The molecule has 1 aromatic carbocycles. The summed E-state index contributed by atoms with van der Waals surface area (Å²) in [6.07, 6.45) is 1.10. The van der Waals surface area contributed by atoms with Crippen molar-refractivity contribution < 1.29 is 9.53 Å². The molecule has 0 radical (unpaired) electrons. The number of benzene rings is 1. The summed E-state index contributed by atoms with van der Waals surface area (Å²) in [4.78, 5) is 17.1. The van der Waals surface area contributed by atoms with Crippen molar-refractivity contribution in [2.75, 3.05) is 27.2 Å². The van der Waals surface area contributed by atoms with Crippen LogP contribution in [0.15, 0.2) is 18.2 Å². The largest absolute Gasteiger partial charge is 0.497 e. The van der Waals surface area contributed by atoms with Gasteiger partial charge in [0.2, 0.25) is 0 Å². The van der Waals surface area contributed by atoms with E-state index in [2.05, 4.69) is 16.3 Å². The van der Waals surface area contributed by atoms with Crippen molar-refractivity contribution in [3.05, 3.63) is 23.9 Å². The van der Waals surface area contributed by atoms with E-state index in [0.717, 1.165) is 35.3 Å². The van der Waals surface area contributed by atoms with E-state index in [9.17, 15) is 4.79 Å². The Balaban J connectivity index is 1.66. The maximum atomic E-state index is 12.8. The SMILES string of the molecule is COc1ccc2c(C(=O)N3CC4CC3CN4C)nsc2c1. The van der Waals surface area contributed by atoms with Gasteiger partial charge in [-0.05, 0) is 43.2 Å².